The lowest BCUT2D eigenvalue weighted by Gasteiger charge is -2.15. The molecule has 0 saturated carbocycles. The average Bonchev–Trinajstić information content (AvgIpc) is 2.45. The summed E-state index contributed by atoms with van der Waals surface area (Å²) in [6, 6.07) is 11.5. The molecule has 5 nitrogen and oxygen atoms in total. The third-order valence-electron chi connectivity index (χ3n) is 2.56. The number of amides is 1. The van der Waals surface area contributed by atoms with Gasteiger partial charge in [-0.25, -0.2) is 9.78 Å². The van der Waals surface area contributed by atoms with E-state index >= 15 is 0 Å². The summed E-state index contributed by atoms with van der Waals surface area (Å²) in [5, 5.41) is 0.00813. The molecular weight excluding hydrogens is 280 g/mol. The molecule has 1 unspecified atom stereocenters. The Morgan fingerprint density at radius 3 is 2.45 bits per heavy atom. The van der Waals surface area contributed by atoms with Gasteiger partial charge in [0.25, 0.3) is 5.91 Å². The van der Waals surface area contributed by atoms with Crippen molar-refractivity contribution in [2.75, 3.05) is 0 Å². The van der Waals surface area contributed by atoms with Crippen LogP contribution >= 0.6 is 11.6 Å². The van der Waals surface area contributed by atoms with Gasteiger partial charge in [0.15, 0.2) is 0 Å². The molecule has 0 saturated heterocycles. The maximum atomic E-state index is 12.0. The molecule has 6 heteroatoms. The van der Waals surface area contributed by atoms with E-state index < -0.39 is 18.0 Å². The van der Waals surface area contributed by atoms with Crippen molar-refractivity contribution in [3.05, 3.63) is 64.9 Å². The Labute approximate surface area is 120 Å². The van der Waals surface area contributed by atoms with Crippen molar-refractivity contribution in [3.63, 3.8) is 0 Å². The smallest absolute Gasteiger partial charge is 0.342 e. The molecule has 1 heterocycles. The van der Waals surface area contributed by atoms with Crippen molar-refractivity contribution in [1.82, 2.24) is 4.98 Å². The minimum atomic E-state index is -1.17. The number of carbonyl (C=O) groups is 2. The zero-order chi connectivity index (χ0) is 14.5. The lowest BCUT2D eigenvalue weighted by atomic mass is 10.1. The Morgan fingerprint density at radius 2 is 1.85 bits per heavy atom. The van der Waals surface area contributed by atoms with Crippen LogP contribution in [0.25, 0.3) is 0 Å². The molecule has 2 rings (SSSR count). The summed E-state index contributed by atoms with van der Waals surface area (Å²) in [5.74, 6) is -1.51. The fourth-order valence-electron chi connectivity index (χ4n) is 1.63. The van der Waals surface area contributed by atoms with E-state index in [0.29, 0.717) is 5.56 Å². The van der Waals surface area contributed by atoms with E-state index in [9.17, 15) is 9.59 Å². The number of esters is 1. The number of hydrogen-bond donors (Lipinski definition) is 1. The van der Waals surface area contributed by atoms with E-state index in [1.54, 1.807) is 36.4 Å². The van der Waals surface area contributed by atoms with Crippen molar-refractivity contribution in [2.45, 2.75) is 6.10 Å². The monoisotopic (exact) mass is 290 g/mol. The predicted octanol–water partition coefficient (Wildman–Crippen LogP) is 2.12. The Balaban J connectivity index is 2.24. The number of ether oxygens (including phenoxy) is 1. The summed E-state index contributed by atoms with van der Waals surface area (Å²) in [6.45, 7) is 0. The van der Waals surface area contributed by atoms with Crippen molar-refractivity contribution in [3.8, 4) is 0 Å². The second kappa shape index (κ2) is 6.16. The molecule has 0 aliphatic rings. The van der Waals surface area contributed by atoms with Crippen LogP contribution in [0.4, 0.5) is 0 Å². The summed E-state index contributed by atoms with van der Waals surface area (Å²) in [4.78, 5) is 27.2. The number of halogens is 1. The Kier molecular flexibility index (Phi) is 4.32. The van der Waals surface area contributed by atoms with Crippen molar-refractivity contribution in [2.24, 2.45) is 5.73 Å². The molecule has 102 valence electrons. The van der Waals surface area contributed by atoms with Gasteiger partial charge >= 0.3 is 5.97 Å². The lowest BCUT2D eigenvalue weighted by Crippen LogP contribution is -2.26. The number of nitrogens with two attached hydrogens (primary N) is 1. The molecule has 1 aromatic heterocycles. The second-order valence-corrected chi connectivity index (χ2v) is 4.30. The molecule has 20 heavy (non-hydrogen) atoms. The van der Waals surface area contributed by atoms with Gasteiger partial charge in [0, 0.05) is 11.8 Å². The normalized spacial score (nSPS) is 11.7. The van der Waals surface area contributed by atoms with Crippen LogP contribution in [0.1, 0.15) is 22.0 Å². The standard InChI is InChI=1S/C14H11ClN2O3/c15-12-10(7-4-8-17-12)14(19)20-11(13(16)18)9-5-2-1-3-6-9/h1-8,11H,(H2,16,18). The van der Waals surface area contributed by atoms with Crippen LogP contribution < -0.4 is 5.73 Å². The van der Waals surface area contributed by atoms with Crippen molar-refractivity contribution in [1.29, 1.82) is 0 Å². The maximum Gasteiger partial charge on any atom is 0.342 e. The highest BCUT2D eigenvalue weighted by Crippen LogP contribution is 2.21. The molecule has 0 bridgehead atoms. The van der Waals surface area contributed by atoms with E-state index in [1.165, 1.54) is 12.3 Å². The summed E-state index contributed by atoms with van der Waals surface area (Å²) >= 11 is 5.80. The summed E-state index contributed by atoms with van der Waals surface area (Å²) < 4.78 is 5.13. The highest BCUT2D eigenvalue weighted by Gasteiger charge is 2.24. The van der Waals surface area contributed by atoms with Crippen LogP contribution in [0.15, 0.2) is 48.7 Å². The van der Waals surface area contributed by atoms with Crippen molar-refractivity contribution < 1.29 is 14.3 Å². The lowest BCUT2D eigenvalue weighted by molar-refractivity contribution is -0.127. The van der Waals surface area contributed by atoms with Gasteiger partial charge in [-0.05, 0) is 12.1 Å². The molecule has 1 aromatic carbocycles. The molecule has 0 aliphatic heterocycles. The number of pyridine rings is 1. The Morgan fingerprint density at radius 1 is 1.15 bits per heavy atom. The van der Waals surface area contributed by atoms with Gasteiger partial charge in [-0.15, -0.1) is 0 Å². The zero-order valence-electron chi connectivity index (χ0n) is 10.3. The van der Waals surface area contributed by atoms with E-state index in [0.717, 1.165) is 0 Å². The largest absolute Gasteiger partial charge is 0.444 e. The fraction of sp³-hybridized carbons (Fsp3) is 0.0714. The first kappa shape index (κ1) is 14.0. The van der Waals surface area contributed by atoms with E-state index in [2.05, 4.69) is 4.98 Å². The molecule has 2 aromatic rings. The number of carbonyl (C=O) groups excluding carboxylic acids is 2. The SMILES string of the molecule is NC(=O)C(OC(=O)c1cccnc1Cl)c1ccccc1. The van der Waals surface area contributed by atoms with Crippen molar-refractivity contribution >= 4 is 23.5 Å². The van der Waals surface area contributed by atoms with Gasteiger partial charge in [-0.2, -0.15) is 0 Å². The summed E-state index contributed by atoms with van der Waals surface area (Å²) in [7, 11) is 0. The third kappa shape index (κ3) is 3.13. The molecule has 1 amide bonds. The highest BCUT2D eigenvalue weighted by molar-refractivity contribution is 6.32. The quantitative estimate of drug-likeness (QED) is 0.690. The summed E-state index contributed by atoms with van der Waals surface area (Å²) in [5.41, 5.74) is 5.84. The maximum absolute atomic E-state index is 12.0. The van der Waals surface area contributed by atoms with Gasteiger partial charge < -0.3 is 10.5 Å². The molecular formula is C14H11ClN2O3. The third-order valence-corrected chi connectivity index (χ3v) is 2.87. The number of hydrogen-bond acceptors (Lipinski definition) is 4. The van der Waals surface area contributed by atoms with Crippen LogP contribution in [0.2, 0.25) is 5.15 Å². The van der Waals surface area contributed by atoms with Gasteiger partial charge in [-0.3, -0.25) is 4.79 Å². The second-order valence-electron chi connectivity index (χ2n) is 3.94. The summed E-state index contributed by atoms with van der Waals surface area (Å²) in [6.07, 6.45) is 0.280. The molecule has 2 N–H and O–H groups in total. The first-order valence-corrected chi connectivity index (χ1v) is 6.13. The van der Waals surface area contributed by atoms with Crippen LogP contribution in [0.5, 0.6) is 0 Å². The average molecular weight is 291 g/mol. The highest BCUT2D eigenvalue weighted by atomic mass is 35.5. The Hall–Kier alpha value is -2.40. The number of rotatable bonds is 4. The molecule has 0 radical (unpaired) electrons. The van der Waals surface area contributed by atoms with Gasteiger partial charge in [0.2, 0.25) is 6.10 Å². The molecule has 0 fully saturated rings. The molecule has 1 atom stereocenters. The fourth-order valence-corrected chi connectivity index (χ4v) is 1.82. The van der Waals surface area contributed by atoms with E-state index in [-0.39, 0.29) is 10.7 Å². The van der Waals surface area contributed by atoms with Crippen LogP contribution in [-0.2, 0) is 9.53 Å². The first-order valence-electron chi connectivity index (χ1n) is 5.75. The predicted molar refractivity (Wildman–Crippen MR) is 73.0 cm³/mol. The Bertz CT molecular complexity index is 631. The number of aromatic nitrogens is 1. The number of primary amides is 1. The van der Waals surface area contributed by atoms with E-state index in [1.807, 2.05) is 0 Å². The molecule has 0 aliphatic carbocycles. The van der Waals surface area contributed by atoms with Gasteiger partial charge in [0.05, 0.1) is 5.56 Å². The zero-order valence-corrected chi connectivity index (χ0v) is 11.1. The van der Waals surface area contributed by atoms with Gasteiger partial charge in [0.1, 0.15) is 5.15 Å². The number of benzene rings is 1. The van der Waals surface area contributed by atoms with E-state index in [4.69, 9.17) is 22.1 Å². The topological polar surface area (TPSA) is 82.3 Å². The molecule has 0 spiro atoms. The van der Waals surface area contributed by atoms with Crippen LogP contribution in [0, 0.1) is 0 Å². The number of nitrogens with zero attached hydrogens (tertiary/aromatic N) is 1. The minimum Gasteiger partial charge on any atom is -0.444 e. The minimum absolute atomic E-state index is 0.00813. The first-order chi connectivity index (χ1) is 9.59. The van der Waals surface area contributed by atoms with Gasteiger partial charge in [-0.1, -0.05) is 41.9 Å². The van der Waals surface area contributed by atoms with Crippen LogP contribution in [0.3, 0.4) is 0 Å². The van der Waals surface area contributed by atoms with Crippen LogP contribution in [-0.4, -0.2) is 16.9 Å².